The molecule has 4 nitrogen and oxygen atoms in total. The molecule has 2 aromatic rings. The first-order valence-electron chi connectivity index (χ1n) is 6.98. The van der Waals surface area contributed by atoms with E-state index in [1.165, 1.54) is 0 Å². The number of nitrogens with one attached hydrogen (secondary N) is 1. The highest BCUT2D eigenvalue weighted by Crippen LogP contribution is 2.22. The predicted octanol–water partition coefficient (Wildman–Crippen LogP) is 3.59. The van der Waals surface area contributed by atoms with Crippen LogP contribution >= 0.6 is 23.2 Å². The normalized spacial score (nSPS) is 11.3. The standard InChI is InChI=1S/C15H19Cl2N3O/c1-10(2)9-18-15(21)5-6-20-13-7-11(17)3-4-12(13)19-14(20)8-16/h3-4,7,10H,5-6,8-9H2,1-2H3,(H,18,21). The van der Waals surface area contributed by atoms with Crippen LogP contribution in [0, 0.1) is 5.92 Å². The van der Waals surface area contributed by atoms with E-state index in [0.717, 1.165) is 16.9 Å². The number of carbonyl (C=O) groups excluding carboxylic acids is 1. The summed E-state index contributed by atoms with van der Waals surface area (Å²) in [6.45, 7) is 5.37. The SMILES string of the molecule is CC(C)CNC(=O)CCn1c(CCl)nc2ccc(Cl)cc21. The minimum absolute atomic E-state index is 0.0353. The van der Waals surface area contributed by atoms with Crippen molar-refractivity contribution in [2.75, 3.05) is 6.54 Å². The molecular formula is C15H19Cl2N3O. The van der Waals surface area contributed by atoms with Crippen molar-refractivity contribution in [3.05, 3.63) is 29.0 Å². The zero-order valence-electron chi connectivity index (χ0n) is 12.2. The summed E-state index contributed by atoms with van der Waals surface area (Å²) >= 11 is 12.0. The second-order valence-electron chi connectivity index (χ2n) is 5.39. The Morgan fingerprint density at radius 2 is 2.19 bits per heavy atom. The quantitative estimate of drug-likeness (QED) is 0.824. The van der Waals surface area contributed by atoms with Crippen molar-refractivity contribution in [1.29, 1.82) is 0 Å². The maximum absolute atomic E-state index is 11.8. The highest BCUT2D eigenvalue weighted by Gasteiger charge is 2.12. The Labute approximate surface area is 134 Å². The molecule has 0 radical (unpaired) electrons. The van der Waals surface area contributed by atoms with Crippen molar-refractivity contribution in [2.24, 2.45) is 5.92 Å². The smallest absolute Gasteiger partial charge is 0.221 e. The van der Waals surface area contributed by atoms with Crippen LogP contribution in [0.5, 0.6) is 0 Å². The minimum Gasteiger partial charge on any atom is -0.356 e. The molecule has 1 N–H and O–H groups in total. The lowest BCUT2D eigenvalue weighted by molar-refractivity contribution is -0.121. The van der Waals surface area contributed by atoms with Crippen LogP contribution in [0.1, 0.15) is 26.1 Å². The fourth-order valence-corrected chi connectivity index (χ4v) is 2.49. The molecule has 0 atom stereocenters. The van der Waals surface area contributed by atoms with Crippen LogP contribution in [0.2, 0.25) is 5.02 Å². The monoisotopic (exact) mass is 327 g/mol. The first kappa shape index (κ1) is 16.1. The van der Waals surface area contributed by atoms with E-state index in [0.29, 0.717) is 36.3 Å². The number of hydrogen-bond acceptors (Lipinski definition) is 2. The summed E-state index contributed by atoms with van der Waals surface area (Å²) in [5, 5.41) is 3.56. The molecule has 0 fully saturated rings. The number of hydrogen-bond donors (Lipinski definition) is 1. The van der Waals surface area contributed by atoms with Crippen molar-refractivity contribution < 1.29 is 4.79 Å². The van der Waals surface area contributed by atoms with Crippen LogP contribution in [0.3, 0.4) is 0 Å². The first-order valence-corrected chi connectivity index (χ1v) is 7.90. The molecule has 0 saturated carbocycles. The lowest BCUT2D eigenvalue weighted by atomic mass is 10.2. The number of benzene rings is 1. The molecule has 0 bridgehead atoms. The van der Waals surface area contributed by atoms with E-state index < -0.39 is 0 Å². The Morgan fingerprint density at radius 3 is 2.86 bits per heavy atom. The maximum atomic E-state index is 11.8. The van der Waals surface area contributed by atoms with Crippen molar-refractivity contribution in [2.45, 2.75) is 32.7 Å². The maximum Gasteiger partial charge on any atom is 0.221 e. The molecule has 0 aliphatic rings. The van der Waals surface area contributed by atoms with Gasteiger partial charge in [0, 0.05) is 24.5 Å². The Hall–Kier alpha value is -1.26. The average Bonchev–Trinajstić information content (AvgIpc) is 2.79. The van der Waals surface area contributed by atoms with Gasteiger partial charge in [-0.15, -0.1) is 11.6 Å². The van der Waals surface area contributed by atoms with Gasteiger partial charge in [-0.1, -0.05) is 25.4 Å². The van der Waals surface area contributed by atoms with Crippen LogP contribution < -0.4 is 5.32 Å². The van der Waals surface area contributed by atoms with Crippen LogP contribution in [0.15, 0.2) is 18.2 Å². The molecule has 0 spiro atoms. The van der Waals surface area contributed by atoms with Crippen LogP contribution in [-0.2, 0) is 17.2 Å². The summed E-state index contributed by atoms with van der Waals surface area (Å²) in [6, 6.07) is 5.52. The number of aryl methyl sites for hydroxylation is 1. The van der Waals surface area contributed by atoms with E-state index in [1.807, 2.05) is 16.7 Å². The number of halogens is 2. The number of amides is 1. The van der Waals surface area contributed by atoms with Gasteiger partial charge in [-0.2, -0.15) is 0 Å². The Bertz CT molecular complexity index is 637. The van der Waals surface area contributed by atoms with E-state index in [2.05, 4.69) is 24.1 Å². The minimum atomic E-state index is 0.0353. The van der Waals surface area contributed by atoms with Gasteiger partial charge in [0.15, 0.2) is 0 Å². The summed E-state index contributed by atoms with van der Waals surface area (Å²) in [7, 11) is 0. The van der Waals surface area contributed by atoms with Crippen molar-refractivity contribution in [3.63, 3.8) is 0 Å². The van der Waals surface area contributed by atoms with E-state index in [4.69, 9.17) is 23.2 Å². The summed E-state index contributed by atoms with van der Waals surface area (Å²) in [5.74, 6) is 1.54. The molecule has 1 amide bonds. The highest BCUT2D eigenvalue weighted by molar-refractivity contribution is 6.31. The average molecular weight is 328 g/mol. The number of rotatable bonds is 6. The molecule has 0 aliphatic carbocycles. The fraction of sp³-hybridized carbons (Fsp3) is 0.467. The lowest BCUT2D eigenvalue weighted by Crippen LogP contribution is -2.28. The van der Waals surface area contributed by atoms with Crippen LogP contribution in [0.25, 0.3) is 11.0 Å². The molecular weight excluding hydrogens is 309 g/mol. The molecule has 6 heteroatoms. The molecule has 1 aromatic heterocycles. The van der Waals surface area contributed by atoms with Gasteiger partial charge in [0.1, 0.15) is 5.82 Å². The van der Waals surface area contributed by atoms with Gasteiger partial charge in [-0.05, 0) is 24.1 Å². The van der Waals surface area contributed by atoms with E-state index in [1.54, 1.807) is 6.07 Å². The fourth-order valence-electron chi connectivity index (χ4n) is 2.12. The van der Waals surface area contributed by atoms with Gasteiger partial charge < -0.3 is 9.88 Å². The number of carbonyl (C=O) groups is 1. The Balaban J connectivity index is 2.13. The summed E-state index contributed by atoms with van der Waals surface area (Å²) in [6.07, 6.45) is 0.397. The highest BCUT2D eigenvalue weighted by atomic mass is 35.5. The molecule has 2 rings (SSSR count). The van der Waals surface area contributed by atoms with Gasteiger partial charge in [0.05, 0.1) is 16.9 Å². The van der Waals surface area contributed by atoms with Gasteiger partial charge in [0.25, 0.3) is 0 Å². The first-order chi connectivity index (χ1) is 10.0. The third-order valence-corrected chi connectivity index (χ3v) is 3.65. The summed E-state index contributed by atoms with van der Waals surface area (Å²) in [5.41, 5.74) is 1.76. The third kappa shape index (κ3) is 4.11. The largest absolute Gasteiger partial charge is 0.356 e. The van der Waals surface area contributed by atoms with Gasteiger partial charge >= 0.3 is 0 Å². The molecule has 0 unspecified atom stereocenters. The van der Waals surface area contributed by atoms with Gasteiger partial charge in [0.2, 0.25) is 5.91 Å². The van der Waals surface area contributed by atoms with Crippen molar-refractivity contribution in [3.8, 4) is 0 Å². The number of aromatic nitrogens is 2. The lowest BCUT2D eigenvalue weighted by Gasteiger charge is -2.10. The van der Waals surface area contributed by atoms with Crippen LogP contribution in [0.4, 0.5) is 0 Å². The van der Waals surface area contributed by atoms with E-state index >= 15 is 0 Å². The zero-order valence-corrected chi connectivity index (χ0v) is 13.7. The second kappa shape index (κ2) is 7.14. The van der Waals surface area contributed by atoms with Crippen molar-refractivity contribution in [1.82, 2.24) is 14.9 Å². The Morgan fingerprint density at radius 1 is 1.43 bits per heavy atom. The number of nitrogens with zero attached hydrogens (tertiary/aromatic N) is 2. The third-order valence-electron chi connectivity index (χ3n) is 3.18. The molecule has 21 heavy (non-hydrogen) atoms. The Kier molecular flexibility index (Phi) is 5.48. The predicted molar refractivity (Wildman–Crippen MR) is 86.8 cm³/mol. The summed E-state index contributed by atoms with van der Waals surface area (Å²) < 4.78 is 1.96. The summed E-state index contributed by atoms with van der Waals surface area (Å²) in [4.78, 5) is 16.3. The van der Waals surface area contributed by atoms with Gasteiger partial charge in [-0.25, -0.2) is 4.98 Å². The molecule has 114 valence electrons. The van der Waals surface area contributed by atoms with Crippen LogP contribution in [-0.4, -0.2) is 22.0 Å². The van der Waals surface area contributed by atoms with E-state index in [-0.39, 0.29) is 5.91 Å². The van der Waals surface area contributed by atoms with Crippen molar-refractivity contribution >= 4 is 40.1 Å². The van der Waals surface area contributed by atoms with Gasteiger partial charge in [-0.3, -0.25) is 4.79 Å². The number of imidazole rings is 1. The number of alkyl halides is 1. The van der Waals surface area contributed by atoms with E-state index in [9.17, 15) is 4.79 Å². The molecule has 1 aromatic carbocycles. The molecule has 1 heterocycles. The topological polar surface area (TPSA) is 46.9 Å². The number of fused-ring (bicyclic) bond motifs is 1. The molecule has 0 aliphatic heterocycles. The molecule has 0 saturated heterocycles. The second-order valence-corrected chi connectivity index (χ2v) is 6.10. The zero-order chi connectivity index (χ0) is 15.4.